The number of nitrogens with one attached hydrogen (secondary N) is 2. The molecular formula is C13H20N2O7S. The van der Waals surface area contributed by atoms with E-state index in [-0.39, 0.29) is 36.5 Å². The topological polar surface area (TPSA) is 135 Å². The molecule has 0 spiro atoms. The lowest BCUT2D eigenvalue weighted by Crippen LogP contribution is -2.38. The average Bonchev–Trinajstić information content (AvgIpc) is 2.91. The van der Waals surface area contributed by atoms with E-state index in [1.54, 1.807) is 13.8 Å². The maximum Gasteiger partial charge on any atom is 0.371 e. The van der Waals surface area contributed by atoms with Gasteiger partial charge >= 0.3 is 5.97 Å². The number of carbonyl (C=O) groups is 2. The zero-order valence-corrected chi connectivity index (χ0v) is 13.7. The number of sulfonamides is 1. The monoisotopic (exact) mass is 348 g/mol. The van der Waals surface area contributed by atoms with Crippen LogP contribution in [-0.2, 0) is 26.1 Å². The van der Waals surface area contributed by atoms with E-state index in [0.29, 0.717) is 0 Å². The molecule has 0 saturated heterocycles. The van der Waals surface area contributed by atoms with Gasteiger partial charge in [0.25, 0.3) is 0 Å². The van der Waals surface area contributed by atoms with Gasteiger partial charge in [-0.05, 0) is 26.0 Å². The van der Waals surface area contributed by atoms with Crippen LogP contribution in [0.2, 0.25) is 0 Å². The molecule has 0 unspecified atom stereocenters. The number of hydrogen-bond donors (Lipinski definition) is 3. The van der Waals surface area contributed by atoms with Gasteiger partial charge in [-0.25, -0.2) is 17.9 Å². The van der Waals surface area contributed by atoms with E-state index >= 15 is 0 Å². The zero-order chi connectivity index (χ0) is 17.5. The van der Waals surface area contributed by atoms with Gasteiger partial charge in [-0.3, -0.25) is 4.79 Å². The molecule has 0 saturated carbocycles. The van der Waals surface area contributed by atoms with Gasteiger partial charge in [0.2, 0.25) is 21.7 Å². The van der Waals surface area contributed by atoms with Gasteiger partial charge in [0.1, 0.15) is 5.76 Å². The number of aromatic carboxylic acids is 1. The zero-order valence-electron chi connectivity index (χ0n) is 12.9. The Kier molecular flexibility index (Phi) is 7.20. The van der Waals surface area contributed by atoms with E-state index < -0.39 is 28.4 Å². The summed E-state index contributed by atoms with van der Waals surface area (Å²) in [6.45, 7) is 3.16. The summed E-state index contributed by atoms with van der Waals surface area (Å²) in [5, 5.41) is 11.1. The van der Waals surface area contributed by atoms with E-state index in [9.17, 15) is 18.0 Å². The highest BCUT2D eigenvalue weighted by Crippen LogP contribution is 2.07. The molecule has 1 rings (SSSR count). The third-order valence-electron chi connectivity index (χ3n) is 2.59. The van der Waals surface area contributed by atoms with Gasteiger partial charge in [-0.15, -0.1) is 0 Å². The Morgan fingerprint density at radius 1 is 1.35 bits per heavy atom. The highest BCUT2D eigenvalue weighted by atomic mass is 32.2. The Balaban J connectivity index is 2.31. The number of carboxylic acids is 1. The summed E-state index contributed by atoms with van der Waals surface area (Å²) >= 11 is 0. The van der Waals surface area contributed by atoms with Crippen molar-refractivity contribution in [3.8, 4) is 0 Å². The van der Waals surface area contributed by atoms with E-state index in [4.69, 9.17) is 14.3 Å². The van der Waals surface area contributed by atoms with Crippen LogP contribution in [0.25, 0.3) is 0 Å². The molecule has 0 fully saturated rings. The minimum atomic E-state index is -3.60. The minimum Gasteiger partial charge on any atom is -0.475 e. The summed E-state index contributed by atoms with van der Waals surface area (Å²) in [6, 6.07) is 2.68. The predicted octanol–water partition coefficient (Wildman–Crippen LogP) is -0.0616. The van der Waals surface area contributed by atoms with Crippen LogP contribution in [0, 0.1) is 0 Å². The number of carboxylic acid groups (broad SMARTS) is 1. The molecule has 0 atom stereocenters. The van der Waals surface area contributed by atoms with Crippen molar-refractivity contribution in [2.24, 2.45) is 0 Å². The van der Waals surface area contributed by atoms with E-state index in [1.165, 1.54) is 12.1 Å². The number of amides is 1. The van der Waals surface area contributed by atoms with Crippen molar-refractivity contribution in [3.63, 3.8) is 0 Å². The molecule has 1 aromatic heterocycles. The molecule has 9 nitrogen and oxygen atoms in total. The smallest absolute Gasteiger partial charge is 0.371 e. The second kappa shape index (κ2) is 8.65. The Labute approximate surface area is 134 Å². The average molecular weight is 348 g/mol. The van der Waals surface area contributed by atoms with Gasteiger partial charge in [0, 0.05) is 0 Å². The molecule has 0 radical (unpaired) electrons. The molecular weight excluding hydrogens is 328 g/mol. The van der Waals surface area contributed by atoms with Gasteiger partial charge in [-0.1, -0.05) is 0 Å². The Morgan fingerprint density at radius 3 is 2.61 bits per heavy atom. The molecule has 1 heterocycles. The Bertz CT molecular complexity index is 637. The Morgan fingerprint density at radius 2 is 2.04 bits per heavy atom. The maximum absolute atomic E-state index is 11.6. The summed E-state index contributed by atoms with van der Waals surface area (Å²) < 4.78 is 35.5. The predicted molar refractivity (Wildman–Crippen MR) is 80.4 cm³/mol. The lowest BCUT2D eigenvalue weighted by molar-refractivity contribution is -0.120. The van der Waals surface area contributed by atoms with Gasteiger partial charge < -0.3 is 19.6 Å². The molecule has 3 N–H and O–H groups in total. The van der Waals surface area contributed by atoms with Crippen LogP contribution in [0.4, 0.5) is 0 Å². The molecule has 0 aliphatic heterocycles. The van der Waals surface area contributed by atoms with Crippen molar-refractivity contribution in [3.05, 3.63) is 23.7 Å². The molecule has 0 aromatic carbocycles. The van der Waals surface area contributed by atoms with Crippen molar-refractivity contribution in [2.45, 2.75) is 26.5 Å². The Hall–Kier alpha value is -1.91. The van der Waals surface area contributed by atoms with Crippen LogP contribution < -0.4 is 10.0 Å². The van der Waals surface area contributed by atoms with Gasteiger partial charge in [0.05, 0.1) is 31.6 Å². The first-order valence-electron chi connectivity index (χ1n) is 6.87. The molecule has 0 aliphatic carbocycles. The first kappa shape index (κ1) is 19.1. The van der Waals surface area contributed by atoms with Crippen LogP contribution >= 0.6 is 0 Å². The van der Waals surface area contributed by atoms with E-state index in [2.05, 4.69) is 10.0 Å². The third kappa shape index (κ3) is 7.77. The van der Waals surface area contributed by atoms with E-state index in [0.717, 1.165) is 0 Å². The summed E-state index contributed by atoms with van der Waals surface area (Å²) in [4.78, 5) is 22.2. The second-order valence-electron chi connectivity index (χ2n) is 4.91. The number of rotatable bonds is 10. The number of carbonyl (C=O) groups excluding carboxylic acids is 1. The summed E-state index contributed by atoms with van der Waals surface area (Å²) in [7, 11) is -3.60. The van der Waals surface area contributed by atoms with Crippen molar-refractivity contribution in [1.82, 2.24) is 10.0 Å². The third-order valence-corrected chi connectivity index (χ3v) is 3.88. The fraction of sp³-hybridized carbons (Fsp3) is 0.538. The van der Waals surface area contributed by atoms with Crippen molar-refractivity contribution in [1.29, 1.82) is 0 Å². The number of hydrogen-bond acceptors (Lipinski definition) is 6. The standard InChI is InChI=1S/C13H20N2O7S/c1-9(2)21-5-6-23(19,20)15-8-12(16)14-7-10-3-4-11(22-10)13(17)18/h3-4,9,15H,5-8H2,1-2H3,(H,14,16)(H,17,18). The minimum absolute atomic E-state index is 0.0374. The fourth-order valence-electron chi connectivity index (χ4n) is 1.48. The first-order valence-corrected chi connectivity index (χ1v) is 8.52. The van der Waals surface area contributed by atoms with Crippen molar-refractivity contribution < 1.29 is 32.3 Å². The second-order valence-corrected chi connectivity index (χ2v) is 6.83. The summed E-state index contributed by atoms with van der Waals surface area (Å²) in [6.07, 6.45) is -0.0718. The quantitative estimate of drug-likeness (QED) is 0.539. The van der Waals surface area contributed by atoms with Crippen LogP contribution in [0.15, 0.2) is 16.5 Å². The van der Waals surface area contributed by atoms with Crippen LogP contribution in [-0.4, -0.2) is 50.4 Å². The van der Waals surface area contributed by atoms with Crippen LogP contribution in [0.5, 0.6) is 0 Å². The van der Waals surface area contributed by atoms with Gasteiger partial charge in [0.15, 0.2) is 0 Å². The number of furan rings is 1. The highest BCUT2D eigenvalue weighted by Gasteiger charge is 2.14. The lowest BCUT2D eigenvalue weighted by Gasteiger charge is -2.09. The molecule has 1 amide bonds. The maximum atomic E-state index is 11.6. The molecule has 130 valence electrons. The molecule has 1 aromatic rings. The van der Waals surface area contributed by atoms with E-state index in [1.807, 2.05) is 0 Å². The molecule has 10 heteroatoms. The number of ether oxygens (including phenoxy) is 1. The molecule has 0 bridgehead atoms. The van der Waals surface area contributed by atoms with Gasteiger partial charge in [-0.2, -0.15) is 0 Å². The van der Waals surface area contributed by atoms with Crippen molar-refractivity contribution >= 4 is 21.9 Å². The normalized spacial score (nSPS) is 11.6. The summed E-state index contributed by atoms with van der Waals surface area (Å²) in [5.74, 6) is -1.99. The highest BCUT2D eigenvalue weighted by molar-refractivity contribution is 7.89. The first-order chi connectivity index (χ1) is 10.7. The SMILES string of the molecule is CC(C)OCCS(=O)(=O)NCC(=O)NCc1ccc(C(=O)O)o1. The fourth-order valence-corrected chi connectivity index (χ4v) is 2.29. The lowest BCUT2D eigenvalue weighted by atomic mass is 10.4. The summed E-state index contributed by atoms with van der Waals surface area (Å²) in [5.41, 5.74) is 0. The van der Waals surface area contributed by atoms with Crippen LogP contribution in [0.1, 0.15) is 30.2 Å². The van der Waals surface area contributed by atoms with Crippen LogP contribution in [0.3, 0.4) is 0 Å². The largest absolute Gasteiger partial charge is 0.475 e. The molecule has 0 aliphatic rings. The van der Waals surface area contributed by atoms with Crippen molar-refractivity contribution in [2.75, 3.05) is 18.9 Å². The molecule has 23 heavy (non-hydrogen) atoms.